The number of allylic oxidation sites excluding steroid dienone is 1. The van der Waals surface area contributed by atoms with Crippen molar-refractivity contribution in [2.75, 3.05) is 0 Å². The Morgan fingerprint density at radius 1 is 1.10 bits per heavy atom. The van der Waals surface area contributed by atoms with Crippen LogP contribution in [0.15, 0.2) is 54.7 Å². The van der Waals surface area contributed by atoms with Gasteiger partial charge in [0.1, 0.15) is 18.1 Å². The minimum atomic E-state index is -0.947. The smallest absolute Gasteiger partial charge is 0.328 e. The van der Waals surface area contributed by atoms with Crippen LogP contribution >= 0.6 is 0 Å². The first-order valence-electron chi connectivity index (χ1n) is 10.1. The van der Waals surface area contributed by atoms with Crippen molar-refractivity contribution in [3.63, 3.8) is 0 Å². The van der Waals surface area contributed by atoms with Crippen LogP contribution in [0.3, 0.4) is 0 Å². The molecule has 1 N–H and O–H groups in total. The molecule has 160 valence electrons. The van der Waals surface area contributed by atoms with Crippen molar-refractivity contribution >= 4 is 11.5 Å². The van der Waals surface area contributed by atoms with Crippen LogP contribution in [0.1, 0.15) is 41.4 Å². The van der Waals surface area contributed by atoms with Gasteiger partial charge in [0.25, 0.3) is 0 Å². The van der Waals surface area contributed by atoms with Crippen molar-refractivity contribution in [2.24, 2.45) is 0 Å². The summed E-state index contributed by atoms with van der Waals surface area (Å²) in [6.07, 6.45) is 3.50. The third kappa shape index (κ3) is 5.92. The van der Waals surface area contributed by atoms with E-state index in [0.29, 0.717) is 30.4 Å². The Morgan fingerprint density at radius 2 is 1.84 bits per heavy atom. The number of benzene rings is 1. The molecule has 0 aliphatic heterocycles. The number of carboxylic acids is 1. The molecule has 0 aliphatic rings. The number of carboxylic acid groups (broad SMARTS) is 1. The standard InChI is InChI=1S/C25H26N2O4/c1-5-19(13-24(28)29)20-11-16(2)25(17(3)12-20)31-23-10-9-22(14-26-23)30-15-21-8-6-7-18(4)27-21/h6-14H,5,15H2,1-4H3,(H,28,29)/b19-13+. The highest BCUT2D eigenvalue weighted by molar-refractivity contribution is 5.90. The molecule has 0 aliphatic carbocycles. The molecule has 0 fully saturated rings. The molecule has 6 heteroatoms. The first kappa shape index (κ1) is 22.0. The number of ether oxygens (including phenoxy) is 2. The molecule has 1 aromatic carbocycles. The Morgan fingerprint density at radius 3 is 2.42 bits per heavy atom. The molecule has 0 amide bonds. The topological polar surface area (TPSA) is 81.5 Å². The van der Waals surface area contributed by atoms with E-state index in [1.807, 2.05) is 64.1 Å². The van der Waals surface area contributed by atoms with Gasteiger partial charge < -0.3 is 14.6 Å². The summed E-state index contributed by atoms with van der Waals surface area (Å²) >= 11 is 0. The molecule has 2 heterocycles. The average molecular weight is 418 g/mol. The minimum absolute atomic E-state index is 0.368. The molecule has 0 atom stereocenters. The summed E-state index contributed by atoms with van der Waals surface area (Å²) in [5.74, 6) is 0.847. The van der Waals surface area contributed by atoms with Gasteiger partial charge in [-0.25, -0.2) is 9.78 Å². The number of rotatable bonds is 8. The van der Waals surface area contributed by atoms with Crippen LogP contribution in [0.2, 0.25) is 0 Å². The Balaban J connectivity index is 1.71. The molecule has 3 aromatic rings. The number of carbonyl (C=O) groups is 1. The van der Waals surface area contributed by atoms with Gasteiger partial charge in [-0.05, 0) is 79.8 Å². The molecule has 6 nitrogen and oxygen atoms in total. The van der Waals surface area contributed by atoms with Crippen LogP contribution in [0.4, 0.5) is 0 Å². The lowest BCUT2D eigenvalue weighted by Gasteiger charge is -2.14. The first-order chi connectivity index (χ1) is 14.9. The lowest BCUT2D eigenvalue weighted by atomic mass is 9.98. The van der Waals surface area contributed by atoms with Crippen LogP contribution < -0.4 is 9.47 Å². The number of hydrogen-bond donors (Lipinski definition) is 1. The van der Waals surface area contributed by atoms with E-state index in [1.165, 1.54) is 6.08 Å². The number of aromatic nitrogens is 2. The number of aliphatic carboxylic acids is 1. The highest BCUT2D eigenvalue weighted by atomic mass is 16.5. The normalized spacial score (nSPS) is 11.3. The molecule has 0 unspecified atom stereocenters. The van der Waals surface area contributed by atoms with E-state index in [1.54, 1.807) is 12.3 Å². The van der Waals surface area contributed by atoms with Crippen molar-refractivity contribution in [2.45, 2.75) is 40.7 Å². The van der Waals surface area contributed by atoms with E-state index in [2.05, 4.69) is 9.97 Å². The summed E-state index contributed by atoms with van der Waals surface area (Å²) in [4.78, 5) is 19.8. The maximum absolute atomic E-state index is 11.1. The minimum Gasteiger partial charge on any atom is -0.486 e. The summed E-state index contributed by atoms with van der Waals surface area (Å²) in [5, 5.41) is 9.08. The molecule has 0 saturated heterocycles. The number of aryl methyl sites for hydroxylation is 3. The van der Waals surface area contributed by atoms with Crippen LogP contribution in [-0.2, 0) is 11.4 Å². The van der Waals surface area contributed by atoms with Gasteiger partial charge in [0.2, 0.25) is 5.88 Å². The zero-order valence-electron chi connectivity index (χ0n) is 18.2. The van der Waals surface area contributed by atoms with Crippen molar-refractivity contribution in [3.8, 4) is 17.4 Å². The van der Waals surface area contributed by atoms with Crippen LogP contribution in [0.5, 0.6) is 17.4 Å². The summed E-state index contributed by atoms with van der Waals surface area (Å²) in [7, 11) is 0. The van der Waals surface area contributed by atoms with Crippen molar-refractivity contribution in [1.82, 2.24) is 9.97 Å². The van der Waals surface area contributed by atoms with Gasteiger partial charge in [0, 0.05) is 17.8 Å². The van der Waals surface area contributed by atoms with Gasteiger partial charge in [-0.15, -0.1) is 0 Å². The molecule has 0 spiro atoms. The summed E-state index contributed by atoms with van der Waals surface area (Å²) in [5.41, 5.74) is 5.28. The Bertz CT molecular complexity index is 1080. The first-order valence-corrected chi connectivity index (χ1v) is 10.1. The molecule has 31 heavy (non-hydrogen) atoms. The van der Waals surface area contributed by atoms with Crippen molar-refractivity contribution < 1.29 is 19.4 Å². The predicted molar refractivity (Wildman–Crippen MR) is 119 cm³/mol. The molecular formula is C25H26N2O4. The largest absolute Gasteiger partial charge is 0.486 e. The number of hydrogen-bond acceptors (Lipinski definition) is 5. The monoisotopic (exact) mass is 418 g/mol. The zero-order chi connectivity index (χ0) is 22.4. The summed E-state index contributed by atoms with van der Waals surface area (Å²) in [6, 6.07) is 13.3. The third-order valence-electron chi connectivity index (χ3n) is 4.76. The fourth-order valence-electron chi connectivity index (χ4n) is 3.29. The number of pyridine rings is 2. The third-order valence-corrected chi connectivity index (χ3v) is 4.76. The summed E-state index contributed by atoms with van der Waals surface area (Å²) < 4.78 is 11.8. The van der Waals surface area contributed by atoms with Gasteiger partial charge in [0.15, 0.2) is 0 Å². The molecule has 0 radical (unpaired) electrons. The van der Waals surface area contributed by atoms with Crippen LogP contribution in [0, 0.1) is 20.8 Å². The van der Waals surface area contributed by atoms with Gasteiger partial charge in [0.05, 0.1) is 11.9 Å². The van der Waals surface area contributed by atoms with Crippen LogP contribution in [-0.4, -0.2) is 21.0 Å². The second-order valence-corrected chi connectivity index (χ2v) is 7.29. The van der Waals surface area contributed by atoms with E-state index in [9.17, 15) is 4.79 Å². The maximum Gasteiger partial charge on any atom is 0.328 e. The quantitative estimate of drug-likeness (QED) is 0.476. The Hall–Kier alpha value is -3.67. The maximum atomic E-state index is 11.1. The predicted octanol–water partition coefficient (Wildman–Crippen LogP) is 5.65. The fourth-order valence-corrected chi connectivity index (χ4v) is 3.29. The number of nitrogens with zero attached hydrogens (tertiary/aromatic N) is 2. The van der Waals surface area contributed by atoms with E-state index in [-0.39, 0.29) is 0 Å². The lowest BCUT2D eigenvalue weighted by molar-refractivity contribution is -0.131. The highest BCUT2D eigenvalue weighted by Crippen LogP contribution is 2.32. The van der Waals surface area contributed by atoms with Crippen molar-refractivity contribution in [1.29, 1.82) is 0 Å². The molecule has 0 bridgehead atoms. The second-order valence-electron chi connectivity index (χ2n) is 7.29. The Kier molecular flexibility index (Phi) is 7.03. The van der Waals surface area contributed by atoms with E-state index >= 15 is 0 Å². The van der Waals surface area contributed by atoms with Crippen molar-refractivity contribution in [3.05, 3.63) is 82.8 Å². The molecular weight excluding hydrogens is 392 g/mol. The van der Waals surface area contributed by atoms with E-state index in [4.69, 9.17) is 14.6 Å². The molecule has 2 aromatic heterocycles. The molecule has 0 saturated carbocycles. The average Bonchev–Trinajstić information content (AvgIpc) is 2.73. The molecule has 3 rings (SSSR count). The lowest BCUT2D eigenvalue weighted by Crippen LogP contribution is -2.00. The highest BCUT2D eigenvalue weighted by Gasteiger charge is 2.11. The van der Waals surface area contributed by atoms with Gasteiger partial charge >= 0.3 is 5.97 Å². The second kappa shape index (κ2) is 9.89. The summed E-state index contributed by atoms with van der Waals surface area (Å²) in [6.45, 7) is 8.12. The van der Waals surface area contributed by atoms with Gasteiger partial charge in [-0.2, -0.15) is 0 Å². The van der Waals surface area contributed by atoms with Gasteiger partial charge in [-0.1, -0.05) is 13.0 Å². The van der Waals surface area contributed by atoms with E-state index < -0.39 is 5.97 Å². The van der Waals surface area contributed by atoms with Crippen LogP contribution in [0.25, 0.3) is 5.57 Å². The zero-order valence-corrected chi connectivity index (χ0v) is 18.2. The van der Waals surface area contributed by atoms with E-state index in [0.717, 1.165) is 33.7 Å². The van der Waals surface area contributed by atoms with Gasteiger partial charge in [-0.3, -0.25) is 4.98 Å². The SMILES string of the molecule is CC/C(=C\C(=O)O)c1cc(C)c(Oc2ccc(OCc3cccc(C)n3)cn2)c(C)c1. The Labute approximate surface area is 182 Å². The fraction of sp³-hybridized carbons (Fsp3) is 0.240.